The van der Waals surface area contributed by atoms with Gasteiger partial charge in [0, 0.05) is 37.1 Å². The Balaban J connectivity index is 2.35. The Bertz CT molecular complexity index is 512. The predicted octanol–water partition coefficient (Wildman–Crippen LogP) is 2.10. The molecule has 0 unspecified atom stereocenters. The van der Waals surface area contributed by atoms with Crippen LogP contribution in [0.4, 0.5) is 5.69 Å². The molecule has 0 saturated heterocycles. The number of hydrogen-bond donors (Lipinski definition) is 3. The Morgan fingerprint density at radius 3 is 2.50 bits per heavy atom. The van der Waals surface area contributed by atoms with E-state index in [9.17, 15) is 9.59 Å². The third-order valence-corrected chi connectivity index (χ3v) is 3.39. The van der Waals surface area contributed by atoms with Gasteiger partial charge in [0.05, 0.1) is 0 Å². The Labute approximate surface area is 132 Å². The Morgan fingerprint density at radius 2 is 1.86 bits per heavy atom. The van der Waals surface area contributed by atoms with Gasteiger partial charge < -0.3 is 15.7 Å². The molecule has 0 fully saturated rings. The summed E-state index contributed by atoms with van der Waals surface area (Å²) in [5, 5.41) is 14.6. The van der Waals surface area contributed by atoms with E-state index >= 15 is 0 Å². The fraction of sp³-hybridized carbons (Fsp3) is 0.529. The average molecular weight is 306 g/mol. The molecule has 2 amide bonds. The summed E-state index contributed by atoms with van der Waals surface area (Å²) >= 11 is 0. The number of aliphatic hydroxyl groups excluding tert-OH is 1. The molecule has 1 aromatic rings. The van der Waals surface area contributed by atoms with Gasteiger partial charge in [-0.25, -0.2) is 0 Å². The highest BCUT2D eigenvalue weighted by molar-refractivity contribution is 5.93. The topological polar surface area (TPSA) is 78.4 Å². The lowest BCUT2D eigenvalue weighted by atomic mass is 9.95. The van der Waals surface area contributed by atoms with Crippen LogP contribution in [0.5, 0.6) is 0 Å². The minimum Gasteiger partial charge on any atom is -0.396 e. The molecule has 1 aromatic carbocycles. The first-order valence-electron chi connectivity index (χ1n) is 7.62. The number of carbonyl (C=O) groups excluding carboxylic acids is 2. The summed E-state index contributed by atoms with van der Waals surface area (Å²) in [6, 6.07) is 7.67. The zero-order chi connectivity index (χ0) is 16.6. The molecule has 0 heterocycles. The van der Waals surface area contributed by atoms with Crippen LogP contribution in [0.3, 0.4) is 0 Å². The SMILES string of the molecule is CCc1cccc(NC(=O)CCC(=O)NCC(C)(C)CO)c1. The van der Waals surface area contributed by atoms with E-state index in [0.717, 1.165) is 17.7 Å². The molecular weight excluding hydrogens is 280 g/mol. The number of anilines is 1. The van der Waals surface area contributed by atoms with E-state index < -0.39 is 0 Å². The first kappa shape index (κ1) is 18.2. The van der Waals surface area contributed by atoms with Crippen LogP contribution < -0.4 is 10.6 Å². The standard InChI is InChI=1S/C17H26N2O3/c1-4-13-6-5-7-14(10-13)19-16(22)9-8-15(21)18-11-17(2,3)12-20/h5-7,10,20H,4,8-9,11-12H2,1-3H3,(H,18,21)(H,19,22). The van der Waals surface area contributed by atoms with E-state index in [1.54, 1.807) is 0 Å². The van der Waals surface area contributed by atoms with Crippen molar-refractivity contribution in [2.75, 3.05) is 18.5 Å². The second-order valence-corrected chi connectivity index (χ2v) is 6.20. The predicted molar refractivity (Wildman–Crippen MR) is 87.6 cm³/mol. The van der Waals surface area contributed by atoms with E-state index in [1.807, 2.05) is 38.1 Å². The highest BCUT2D eigenvalue weighted by Gasteiger charge is 2.17. The van der Waals surface area contributed by atoms with E-state index in [4.69, 9.17) is 5.11 Å². The molecule has 0 aliphatic heterocycles. The van der Waals surface area contributed by atoms with Crippen LogP contribution in [0.25, 0.3) is 0 Å². The summed E-state index contributed by atoms with van der Waals surface area (Å²) in [5.74, 6) is -0.358. The number of rotatable bonds is 8. The Hall–Kier alpha value is -1.88. The normalized spacial score (nSPS) is 11.1. The molecule has 122 valence electrons. The van der Waals surface area contributed by atoms with Gasteiger partial charge in [-0.2, -0.15) is 0 Å². The van der Waals surface area contributed by atoms with Crippen LogP contribution in [0.2, 0.25) is 0 Å². The van der Waals surface area contributed by atoms with Gasteiger partial charge in [-0.3, -0.25) is 9.59 Å². The minimum atomic E-state index is -0.349. The molecular formula is C17H26N2O3. The minimum absolute atomic E-state index is 0.00152. The van der Waals surface area contributed by atoms with E-state index in [0.29, 0.717) is 6.54 Å². The van der Waals surface area contributed by atoms with Crippen LogP contribution in [0.1, 0.15) is 39.2 Å². The average Bonchev–Trinajstić information content (AvgIpc) is 2.51. The highest BCUT2D eigenvalue weighted by atomic mass is 16.3. The third kappa shape index (κ3) is 6.72. The van der Waals surface area contributed by atoms with Crippen LogP contribution in [-0.2, 0) is 16.0 Å². The molecule has 3 N–H and O–H groups in total. The molecule has 5 heteroatoms. The molecule has 0 aromatic heterocycles. The molecule has 22 heavy (non-hydrogen) atoms. The van der Waals surface area contributed by atoms with Gasteiger partial charge in [0.25, 0.3) is 0 Å². The maximum absolute atomic E-state index is 11.8. The van der Waals surface area contributed by atoms with E-state index in [-0.39, 0.29) is 36.7 Å². The maximum Gasteiger partial charge on any atom is 0.224 e. The van der Waals surface area contributed by atoms with Crippen LogP contribution in [-0.4, -0.2) is 30.1 Å². The van der Waals surface area contributed by atoms with Gasteiger partial charge in [0.2, 0.25) is 11.8 Å². The Morgan fingerprint density at radius 1 is 1.18 bits per heavy atom. The third-order valence-electron chi connectivity index (χ3n) is 3.39. The maximum atomic E-state index is 11.8. The zero-order valence-electron chi connectivity index (χ0n) is 13.6. The van der Waals surface area contributed by atoms with Crippen molar-refractivity contribution in [1.29, 1.82) is 0 Å². The van der Waals surface area contributed by atoms with Crippen LogP contribution >= 0.6 is 0 Å². The van der Waals surface area contributed by atoms with Gasteiger partial charge in [-0.05, 0) is 24.1 Å². The van der Waals surface area contributed by atoms with Gasteiger partial charge >= 0.3 is 0 Å². The molecule has 0 aliphatic rings. The fourth-order valence-corrected chi connectivity index (χ4v) is 1.80. The summed E-state index contributed by atoms with van der Waals surface area (Å²) < 4.78 is 0. The van der Waals surface area contributed by atoms with Gasteiger partial charge in [-0.1, -0.05) is 32.9 Å². The van der Waals surface area contributed by atoms with Crippen molar-refractivity contribution in [1.82, 2.24) is 5.32 Å². The van der Waals surface area contributed by atoms with Gasteiger partial charge in [0.1, 0.15) is 0 Å². The molecule has 5 nitrogen and oxygen atoms in total. The van der Waals surface area contributed by atoms with Crippen molar-refractivity contribution in [3.63, 3.8) is 0 Å². The number of carbonyl (C=O) groups is 2. The van der Waals surface area contributed by atoms with Crippen molar-refractivity contribution in [3.8, 4) is 0 Å². The van der Waals surface area contributed by atoms with Crippen molar-refractivity contribution >= 4 is 17.5 Å². The Kier molecular flexibility index (Phi) is 7.05. The molecule has 0 aliphatic carbocycles. The molecule has 1 rings (SSSR count). The van der Waals surface area contributed by atoms with Crippen molar-refractivity contribution in [2.45, 2.75) is 40.0 Å². The van der Waals surface area contributed by atoms with Crippen LogP contribution in [0.15, 0.2) is 24.3 Å². The van der Waals surface area contributed by atoms with Gasteiger partial charge in [0.15, 0.2) is 0 Å². The van der Waals surface area contributed by atoms with E-state index in [2.05, 4.69) is 17.6 Å². The summed E-state index contributed by atoms with van der Waals surface area (Å²) in [7, 11) is 0. The fourth-order valence-electron chi connectivity index (χ4n) is 1.80. The number of aryl methyl sites for hydroxylation is 1. The first-order chi connectivity index (χ1) is 10.4. The number of benzene rings is 1. The van der Waals surface area contributed by atoms with E-state index in [1.165, 1.54) is 0 Å². The highest BCUT2D eigenvalue weighted by Crippen LogP contribution is 2.12. The molecule has 0 spiro atoms. The lowest BCUT2D eigenvalue weighted by molar-refractivity contribution is -0.124. The molecule has 0 bridgehead atoms. The smallest absolute Gasteiger partial charge is 0.224 e. The summed E-state index contributed by atoms with van der Waals surface area (Å²) in [6.45, 7) is 6.17. The largest absolute Gasteiger partial charge is 0.396 e. The number of hydrogen-bond acceptors (Lipinski definition) is 3. The molecule has 0 atom stereocenters. The second-order valence-electron chi connectivity index (χ2n) is 6.20. The summed E-state index contributed by atoms with van der Waals surface area (Å²) in [6.07, 6.45) is 1.19. The second kappa shape index (κ2) is 8.54. The summed E-state index contributed by atoms with van der Waals surface area (Å²) in [5.41, 5.74) is 1.56. The number of amides is 2. The number of nitrogens with one attached hydrogen (secondary N) is 2. The molecule has 0 radical (unpaired) electrons. The summed E-state index contributed by atoms with van der Waals surface area (Å²) in [4.78, 5) is 23.5. The monoisotopic (exact) mass is 306 g/mol. The molecule has 0 saturated carbocycles. The quantitative estimate of drug-likeness (QED) is 0.688. The van der Waals surface area contributed by atoms with Crippen molar-refractivity contribution < 1.29 is 14.7 Å². The zero-order valence-corrected chi connectivity index (χ0v) is 13.6. The lowest BCUT2D eigenvalue weighted by Crippen LogP contribution is -2.36. The van der Waals surface area contributed by atoms with Crippen molar-refractivity contribution in [3.05, 3.63) is 29.8 Å². The van der Waals surface area contributed by atoms with Crippen LogP contribution in [0, 0.1) is 5.41 Å². The number of aliphatic hydroxyl groups is 1. The van der Waals surface area contributed by atoms with Gasteiger partial charge in [-0.15, -0.1) is 0 Å². The lowest BCUT2D eigenvalue weighted by Gasteiger charge is -2.21. The van der Waals surface area contributed by atoms with Crippen molar-refractivity contribution in [2.24, 2.45) is 5.41 Å². The first-order valence-corrected chi connectivity index (χ1v) is 7.62.